The summed E-state index contributed by atoms with van der Waals surface area (Å²) >= 11 is 3.86. The van der Waals surface area contributed by atoms with Crippen molar-refractivity contribution < 1.29 is 0 Å². The van der Waals surface area contributed by atoms with Crippen LogP contribution >= 0.6 is 15.9 Å². The first-order valence-corrected chi connectivity index (χ1v) is 12.9. The summed E-state index contributed by atoms with van der Waals surface area (Å²) in [4.78, 5) is 0. The Kier molecular flexibility index (Phi) is 4.96. The third-order valence-electron chi connectivity index (χ3n) is 7.51. The zero-order valence-corrected chi connectivity index (χ0v) is 20.8. The van der Waals surface area contributed by atoms with Gasteiger partial charge < -0.3 is 4.57 Å². The lowest BCUT2D eigenvalue weighted by molar-refractivity contribution is 0.436. The Hall–Kier alpha value is -2.84. The van der Waals surface area contributed by atoms with Crippen molar-refractivity contribution in [3.63, 3.8) is 0 Å². The first kappa shape index (κ1) is 20.7. The molecule has 1 aliphatic rings. The first-order chi connectivity index (χ1) is 16.2. The largest absolute Gasteiger partial charge is 0.308 e. The smallest absolute Gasteiger partial charge is 0.0683 e. The Morgan fingerprint density at radius 1 is 0.697 bits per heavy atom. The van der Waals surface area contributed by atoms with E-state index in [9.17, 15) is 0 Å². The number of aromatic nitrogens is 1. The van der Waals surface area contributed by atoms with E-state index in [0.29, 0.717) is 0 Å². The minimum absolute atomic E-state index is 0.0986. The highest BCUT2D eigenvalue weighted by atomic mass is 79.9. The molecular weight excluding hydrogens is 466 g/mol. The van der Waals surface area contributed by atoms with Crippen LogP contribution in [0.2, 0.25) is 0 Å². The number of fused-ring (bicyclic) bond motifs is 6. The molecule has 0 fully saturated rings. The molecule has 164 valence electrons. The molecule has 1 heterocycles. The SMILES string of the molecule is CCCC1(CCC)c2ccccc2-c2ccc(-n3c4ccccc4c4cccc(Br)c43)cc21. The van der Waals surface area contributed by atoms with E-state index < -0.39 is 0 Å². The third-order valence-corrected chi connectivity index (χ3v) is 8.15. The fourth-order valence-corrected chi connectivity index (χ4v) is 6.89. The summed E-state index contributed by atoms with van der Waals surface area (Å²) < 4.78 is 3.58. The molecule has 2 heteroatoms. The Balaban J connectivity index is 1.68. The highest BCUT2D eigenvalue weighted by Crippen LogP contribution is 2.54. The van der Waals surface area contributed by atoms with Crippen molar-refractivity contribution >= 4 is 37.7 Å². The second-order valence-corrected chi connectivity index (χ2v) is 10.2. The van der Waals surface area contributed by atoms with Crippen molar-refractivity contribution in [3.05, 3.63) is 101 Å². The number of halogens is 1. The molecule has 6 rings (SSSR count). The number of para-hydroxylation sites is 2. The van der Waals surface area contributed by atoms with E-state index in [4.69, 9.17) is 0 Å². The van der Waals surface area contributed by atoms with Crippen LogP contribution in [0.25, 0.3) is 38.6 Å². The molecule has 0 unspecified atom stereocenters. The number of rotatable bonds is 5. The van der Waals surface area contributed by atoms with Crippen LogP contribution in [-0.2, 0) is 5.41 Å². The highest BCUT2D eigenvalue weighted by Gasteiger charge is 2.41. The lowest BCUT2D eigenvalue weighted by Crippen LogP contribution is -2.25. The van der Waals surface area contributed by atoms with Gasteiger partial charge in [0.2, 0.25) is 0 Å². The Bertz CT molecular complexity index is 1500. The van der Waals surface area contributed by atoms with Crippen LogP contribution < -0.4 is 0 Å². The minimum atomic E-state index is 0.0986. The molecule has 0 N–H and O–H groups in total. The molecule has 1 nitrogen and oxygen atoms in total. The van der Waals surface area contributed by atoms with Gasteiger partial charge in [0.15, 0.2) is 0 Å². The van der Waals surface area contributed by atoms with Crippen molar-refractivity contribution in [1.29, 1.82) is 0 Å². The van der Waals surface area contributed by atoms with E-state index in [1.807, 2.05) is 0 Å². The summed E-state index contributed by atoms with van der Waals surface area (Å²) in [5.41, 5.74) is 9.70. The van der Waals surface area contributed by atoms with Crippen LogP contribution in [0.15, 0.2) is 89.4 Å². The Morgan fingerprint density at radius 3 is 2.21 bits per heavy atom. The van der Waals surface area contributed by atoms with Gasteiger partial charge in [-0.15, -0.1) is 0 Å². The van der Waals surface area contributed by atoms with Gasteiger partial charge in [-0.2, -0.15) is 0 Å². The molecule has 0 amide bonds. The number of hydrogen-bond acceptors (Lipinski definition) is 0. The summed E-state index contributed by atoms with van der Waals surface area (Å²) in [5, 5.41) is 2.59. The molecule has 0 saturated heterocycles. The van der Waals surface area contributed by atoms with E-state index in [1.54, 1.807) is 0 Å². The average Bonchev–Trinajstić information content (AvgIpc) is 3.32. The predicted molar refractivity (Wildman–Crippen MR) is 145 cm³/mol. The number of hydrogen-bond donors (Lipinski definition) is 0. The van der Waals surface area contributed by atoms with Crippen molar-refractivity contribution in [2.45, 2.75) is 44.9 Å². The second-order valence-electron chi connectivity index (χ2n) is 9.35. The van der Waals surface area contributed by atoms with Crippen LogP contribution in [0, 0.1) is 0 Å². The molecule has 5 aromatic rings. The maximum atomic E-state index is 3.86. The van der Waals surface area contributed by atoms with Gasteiger partial charge in [0.1, 0.15) is 0 Å². The predicted octanol–water partition coefficient (Wildman–Crippen LogP) is 9.41. The molecule has 0 bridgehead atoms. The van der Waals surface area contributed by atoms with E-state index in [1.165, 1.54) is 75.4 Å². The minimum Gasteiger partial charge on any atom is -0.308 e. The molecule has 0 aliphatic heterocycles. The van der Waals surface area contributed by atoms with Gasteiger partial charge in [0.05, 0.1) is 11.0 Å². The summed E-state index contributed by atoms with van der Waals surface area (Å²) in [6, 6.07) is 31.6. The molecule has 1 aromatic heterocycles. The van der Waals surface area contributed by atoms with Crippen LogP contribution in [0.1, 0.15) is 50.7 Å². The molecular formula is C31H28BrN. The first-order valence-electron chi connectivity index (χ1n) is 12.1. The number of benzene rings is 4. The van der Waals surface area contributed by atoms with Crippen LogP contribution in [0.3, 0.4) is 0 Å². The van der Waals surface area contributed by atoms with Gasteiger partial charge in [0.25, 0.3) is 0 Å². The molecule has 1 aliphatic carbocycles. The standard InChI is InChI=1S/C31H28BrN/c1-3-18-31(19-4-2)26-13-7-5-10-22(26)23-17-16-21(20-27(23)31)33-29-15-8-6-11-24(29)25-12-9-14-28(32)30(25)33/h5-17,20H,3-4,18-19H2,1-2H3. The summed E-state index contributed by atoms with van der Waals surface area (Å²) in [7, 11) is 0. The van der Waals surface area contributed by atoms with Gasteiger partial charge in [0, 0.05) is 26.3 Å². The molecule has 0 spiro atoms. The Morgan fingerprint density at radius 2 is 1.39 bits per heavy atom. The van der Waals surface area contributed by atoms with Gasteiger partial charge in [-0.05, 0) is 75.3 Å². The zero-order chi connectivity index (χ0) is 22.6. The lowest BCUT2D eigenvalue weighted by atomic mass is 9.71. The van der Waals surface area contributed by atoms with Crippen LogP contribution in [0.5, 0.6) is 0 Å². The fourth-order valence-electron chi connectivity index (χ4n) is 6.34. The summed E-state index contributed by atoms with van der Waals surface area (Å²) in [6.07, 6.45) is 4.73. The lowest BCUT2D eigenvalue weighted by Gasteiger charge is -2.32. The van der Waals surface area contributed by atoms with Gasteiger partial charge >= 0.3 is 0 Å². The van der Waals surface area contributed by atoms with E-state index in [0.717, 1.165) is 4.47 Å². The third kappa shape index (κ3) is 2.90. The maximum Gasteiger partial charge on any atom is 0.0683 e. The second kappa shape index (κ2) is 7.88. The van der Waals surface area contributed by atoms with E-state index >= 15 is 0 Å². The van der Waals surface area contributed by atoms with Crippen LogP contribution in [0.4, 0.5) is 0 Å². The van der Waals surface area contributed by atoms with Crippen molar-refractivity contribution in [3.8, 4) is 16.8 Å². The molecule has 0 saturated carbocycles. The molecule has 33 heavy (non-hydrogen) atoms. The van der Waals surface area contributed by atoms with Gasteiger partial charge in [-0.3, -0.25) is 0 Å². The zero-order valence-electron chi connectivity index (χ0n) is 19.2. The average molecular weight is 494 g/mol. The summed E-state index contributed by atoms with van der Waals surface area (Å²) in [5.74, 6) is 0. The van der Waals surface area contributed by atoms with E-state index in [2.05, 4.69) is 119 Å². The maximum absolute atomic E-state index is 3.86. The van der Waals surface area contributed by atoms with E-state index in [-0.39, 0.29) is 5.41 Å². The summed E-state index contributed by atoms with van der Waals surface area (Å²) in [6.45, 7) is 4.65. The Labute approximate surface area is 204 Å². The van der Waals surface area contributed by atoms with Crippen molar-refractivity contribution in [2.24, 2.45) is 0 Å². The monoisotopic (exact) mass is 493 g/mol. The van der Waals surface area contributed by atoms with Crippen molar-refractivity contribution in [2.75, 3.05) is 0 Å². The molecule has 0 atom stereocenters. The van der Waals surface area contributed by atoms with Gasteiger partial charge in [-0.1, -0.05) is 87.4 Å². The fraction of sp³-hybridized carbons (Fsp3) is 0.226. The topological polar surface area (TPSA) is 4.93 Å². The quantitative estimate of drug-likeness (QED) is 0.229. The highest BCUT2D eigenvalue weighted by molar-refractivity contribution is 9.10. The van der Waals surface area contributed by atoms with Crippen LogP contribution in [-0.4, -0.2) is 4.57 Å². The molecule has 4 aromatic carbocycles. The van der Waals surface area contributed by atoms with Crippen molar-refractivity contribution in [1.82, 2.24) is 4.57 Å². The number of nitrogens with zero attached hydrogens (tertiary/aromatic N) is 1. The normalized spacial score (nSPS) is 14.0. The van der Waals surface area contributed by atoms with Gasteiger partial charge in [-0.25, -0.2) is 0 Å². The molecule has 0 radical (unpaired) electrons.